The highest BCUT2D eigenvalue weighted by molar-refractivity contribution is 6.31. The van der Waals surface area contributed by atoms with E-state index in [1.54, 1.807) is 0 Å². The second kappa shape index (κ2) is 5.85. The molecular weight excluding hydrogens is 234 g/mol. The lowest BCUT2D eigenvalue weighted by atomic mass is 9.91. The fraction of sp³-hybridized carbons (Fsp3) is 0.571. The molecular formula is C14H20ClNO. The van der Waals surface area contributed by atoms with Crippen LogP contribution in [-0.4, -0.2) is 17.3 Å². The molecule has 17 heavy (non-hydrogen) atoms. The Morgan fingerprint density at radius 2 is 2.00 bits per heavy atom. The van der Waals surface area contributed by atoms with Crippen LogP contribution < -0.4 is 5.32 Å². The standard InChI is InChI=1S/C14H20ClNO/c1-10(11-6-2-3-7-12(11)15)16-13-8-4-5-9-14(13)17/h2-3,6-7,10,13-14,16-17H,4-5,8-9H2,1H3. The van der Waals surface area contributed by atoms with E-state index in [1.807, 2.05) is 24.3 Å². The molecule has 1 aromatic rings. The molecule has 3 heteroatoms. The Bertz CT molecular complexity index is 369. The van der Waals surface area contributed by atoms with Crippen LogP contribution in [0.15, 0.2) is 24.3 Å². The van der Waals surface area contributed by atoms with Crippen molar-refractivity contribution in [3.8, 4) is 0 Å². The maximum Gasteiger partial charge on any atom is 0.0693 e. The third-order valence-corrected chi connectivity index (χ3v) is 3.91. The number of benzene rings is 1. The molecule has 0 aliphatic heterocycles. The summed E-state index contributed by atoms with van der Waals surface area (Å²) in [5.74, 6) is 0. The number of hydrogen-bond donors (Lipinski definition) is 2. The van der Waals surface area contributed by atoms with Crippen LogP contribution >= 0.6 is 11.6 Å². The van der Waals surface area contributed by atoms with Gasteiger partial charge in [-0.15, -0.1) is 0 Å². The number of hydrogen-bond acceptors (Lipinski definition) is 2. The van der Waals surface area contributed by atoms with Crippen molar-refractivity contribution < 1.29 is 5.11 Å². The van der Waals surface area contributed by atoms with Gasteiger partial charge in [0.15, 0.2) is 0 Å². The molecule has 94 valence electrons. The summed E-state index contributed by atoms with van der Waals surface area (Å²) in [6.45, 7) is 2.10. The normalized spacial score (nSPS) is 26.8. The van der Waals surface area contributed by atoms with E-state index in [9.17, 15) is 5.11 Å². The van der Waals surface area contributed by atoms with Gasteiger partial charge in [0.1, 0.15) is 0 Å². The van der Waals surface area contributed by atoms with E-state index in [1.165, 1.54) is 6.42 Å². The zero-order valence-corrected chi connectivity index (χ0v) is 11.0. The highest BCUT2D eigenvalue weighted by Crippen LogP contribution is 2.25. The molecule has 0 radical (unpaired) electrons. The number of rotatable bonds is 3. The summed E-state index contributed by atoms with van der Waals surface area (Å²) < 4.78 is 0. The monoisotopic (exact) mass is 253 g/mol. The van der Waals surface area contributed by atoms with Crippen LogP contribution in [0.5, 0.6) is 0 Å². The van der Waals surface area contributed by atoms with Crippen molar-refractivity contribution in [2.45, 2.75) is 50.8 Å². The summed E-state index contributed by atoms with van der Waals surface area (Å²) in [6.07, 6.45) is 4.08. The molecule has 0 saturated heterocycles. The van der Waals surface area contributed by atoms with Gasteiger partial charge in [0, 0.05) is 17.1 Å². The van der Waals surface area contributed by atoms with E-state index in [-0.39, 0.29) is 18.2 Å². The Kier molecular flexibility index (Phi) is 4.43. The van der Waals surface area contributed by atoms with Crippen LogP contribution in [0, 0.1) is 0 Å². The van der Waals surface area contributed by atoms with Crippen molar-refractivity contribution in [1.82, 2.24) is 5.32 Å². The van der Waals surface area contributed by atoms with Gasteiger partial charge in [-0.1, -0.05) is 42.6 Å². The number of halogens is 1. The van der Waals surface area contributed by atoms with Crippen molar-refractivity contribution in [3.05, 3.63) is 34.9 Å². The first-order chi connectivity index (χ1) is 8.18. The van der Waals surface area contributed by atoms with Crippen LogP contribution in [0.25, 0.3) is 0 Å². The van der Waals surface area contributed by atoms with E-state index in [4.69, 9.17) is 11.6 Å². The second-order valence-electron chi connectivity index (χ2n) is 4.87. The first kappa shape index (κ1) is 12.9. The van der Waals surface area contributed by atoms with Gasteiger partial charge in [-0.3, -0.25) is 0 Å². The fourth-order valence-electron chi connectivity index (χ4n) is 2.54. The second-order valence-corrected chi connectivity index (χ2v) is 5.28. The largest absolute Gasteiger partial charge is 0.392 e. The average Bonchev–Trinajstić information content (AvgIpc) is 2.32. The molecule has 3 unspecified atom stereocenters. The molecule has 0 spiro atoms. The molecule has 0 aromatic heterocycles. The van der Waals surface area contributed by atoms with Crippen molar-refractivity contribution in [2.24, 2.45) is 0 Å². The molecule has 2 N–H and O–H groups in total. The van der Waals surface area contributed by atoms with Crippen LogP contribution in [-0.2, 0) is 0 Å². The topological polar surface area (TPSA) is 32.3 Å². The van der Waals surface area contributed by atoms with Gasteiger partial charge in [0.05, 0.1) is 6.10 Å². The molecule has 1 aromatic carbocycles. The highest BCUT2D eigenvalue weighted by atomic mass is 35.5. The lowest BCUT2D eigenvalue weighted by Crippen LogP contribution is -2.43. The van der Waals surface area contributed by atoms with E-state index >= 15 is 0 Å². The van der Waals surface area contributed by atoms with Crippen LogP contribution in [0.2, 0.25) is 5.02 Å². The van der Waals surface area contributed by atoms with E-state index in [0.29, 0.717) is 0 Å². The Morgan fingerprint density at radius 3 is 2.71 bits per heavy atom. The zero-order chi connectivity index (χ0) is 12.3. The predicted octanol–water partition coefficient (Wildman–Crippen LogP) is 3.29. The first-order valence-electron chi connectivity index (χ1n) is 6.37. The number of aliphatic hydroxyl groups excluding tert-OH is 1. The smallest absolute Gasteiger partial charge is 0.0693 e. The maximum atomic E-state index is 9.94. The number of nitrogens with one attached hydrogen (secondary N) is 1. The van der Waals surface area contributed by atoms with Crippen molar-refractivity contribution in [1.29, 1.82) is 0 Å². The van der Waals surface area contributed by atoms with Crippen molar-refractivity contribution >= 4 is 11.6 Å². The van der Waals surface area contributed by atoms with Gasteiger partial charge in [-0.2, -0.15) is 0 Å². The van der Waals surface area contributed by atoms with Gasteiger partial charge >= 0.3 is 0 Å². The van der Waals surface area contributed by atoms with Crippen LogP contribution in [0.3, 0.4) is 0 Å². The lowest BCUT2D eigenvalue weighted by Gasteiger charge is -2.31. The SMILES string of the molecule is CC(NC1CCCCC1O)c1ccccc1Cl. The third kappa shape index (κ3) is 3.21. The van der Waals surface area contributed by atoms with Crippen molar-refractivity contribution in [3.63, 3.8) is 0 Å². The van der Waals surface area contributed by atoms with E-state index < -0.39 is 0 Å². The van der Waals surface area contributed by atoms with Crippen molar-refractivity contribution in [2.75, 3.05) is 0 Å². The highest BCUT2D eigenvalue weighted by Gasteiger charge is 2.24. The molecule has 2 rings (SSSR count). The summed E-state index contributed by atoms with van der Waals surface area (Å²) in [5.41, 5.74) is 1.10. The molecule has 1 aliphatic carbocycles. The maximum absolute atomic E-state index is 9.94. The average molecular weight is 254 g/mol. The summed E-state index contributed by atoms with van der Waals surface area (Å²) in [5, 5.41) is 14.2. The summed E-state index contributed by atoms with van der Waals surface area (Å²) >= 11 is 6.17. The van der Waals surface area contributed by atoms with Gasteiger partial charge in [0.25, 0.3) is 0 Å². The minimum Gasteiger partial charge on any atom is -0.392 e. The molecule has 3 atom stereocenters. The fourth-order valence-corrected chi connectivity index (χ4v) is 2.84. The predicted molar refractivity (Wildman–Crippen MR) is 71.3 cm³/mol. The lowest BCUT2D eigenvalue weighted by molar-refractivity contribution is 0.0860. The minimum absolute atomic E-state index is 0.182. The Morgan fingerprint density at radius 1 is 1.29 bits per heavy atom. The summed E-state index contributed by atoms with van der Waals surface area (Å²) in [7, 11) is 0. The van der Waals surface area contributed by atoms with Gasteiger partial charge in [0.2, 0.25) is 0 Å². The Labute approximate surface area is 108 Å². The van der Waals surface area contributed by atoms with E-state index in [0.717, 1.165) is 29.8 Å². The number of aliphatic hydroxyl groups is 1. The first-order valence-corrected chi connectivity index (χ1v) is 6.75. The quantitative estimate of drug-likeness (QED) is 0.867. The summed E-state index contributed by atoms with van der Waals surface area (Å²) in [4.78, 5) is 0. The molecule has 1 aliphatic rings. The van der Waals surface area contributed by atoms with E-state index in [2.05, 4.69) is 12.2 Å². The van der Waals surface area contributed by atoms with Gasteiger partial charge in [-0.05, 0) is 31.4 Å². The summed E-state index contributed by atoms with van der Waals surface area (Å²) in [6, 6.07) is 8.27. The van der Waals surface area contributed by atoms with Gasteiger partial charge in [-0.25, -0.2) is 0 Å². The van der Waals surface area contributed by atoms with Gasteiger partial charge < -0.3 is 10.4 Å². The Balaban J connectivity index is 2.01. The molecule has 0 bridgehead atoms. The van der Waals surface area contributed by atoms with Crippen LogP contribution in [0.1, 0.15) is 44.2 Å². The molecule has 1 fully saturated rings. The van der Waals surface area contributed by atoms with Crippen LogP contribution in [0.4, 0.5) is 0 Å². The molecule has 1 saturated carbocycles. The Hall–Kier alpha value is -0.570. The molecule has 2 nitrogen and oxygen atoms in total. The third-order valence-electron chi connectivity index (χ3n) is 3.57. The molecule has 0 heterocycles. The minimum atomic E-state index is -0.214. The zero-order valence-electron chi connectivity index (χ0n) is 10.2. The molecule has 0 amide bonds.